The third-order valence-corrected chi connectivity index (χ3v) is 1.08. The van der Waals surface area contributed by atoms with E-state index >= 15 is 0 Å². The molecule has 0 heterocycles. The van der Waals surface area contributed by atoms with Crippen LogP contribution < -0.4 is 0 Å². The van der Waals surface area contributed by atoms with Crippen molar-refractivity contribution in [2.75, 3.05) is 6.61 Å². The summed E-state index contributed by atoms with van der Waals surface area (Å²) in [6.07, 6.45) is 3.74. The van der Waals surface area contributed by atoms with Crippen LogP contribution in [0.2, 0.25) is 0 Å². The summed E-state index contributed by atoms with van der Waals surface area (Å²) < 4.78 is 4.59. The highest BCUT2D eigenvalue weighted by molar-refractivity contribution is 4.67. The van der Waals surface area contributed by atoms with Crippen molar-refractivity contribution < 1.29 is 4.74 Å². The monoisotopic (exact) mass is 126 g/mol. The molecule has 0 aliphatic heterocycles. The van der Waals surface area contributed by atoms with Gasteiger partial charge in [0, 0.05) is 13.0 Å². The van der Waals surface area contributed by atoms with E-state index in [1.54, 1.807) is 0 Å². The lowest BCUT2D eigenvalue weighted by Crippen LogP contribution is -1.85. The summed E-state index contributed by atoms with van der Waals surface area (Å²) in [5.74, 6) is 0. The first-order chi connectivity index (χ1) is 4.41. The first-order valence-electron chi connectivity index (χ1n) is 3.15. The van der Waals surface area contributed by atoms with E-state index in [1.807, 2.05) is 0 Å². The van der Waals surface area contributed by atoms with Gasteiger partial charge in [-0.1, -0.05) is 6.42 Å². The summed E-state index contributed by atoms with van der Waals surface area (Å²) in [5, 5.41) is 8.13. The Morgan fingerprint density at radius 3 is 2.67 bits per heavy atom. The molecule has 0 unspecified atom stereocenters. The van der Waals surface area contributed by atoms with Gasteiger partial charge in [-0.05, 0) is 12.8 Å². The predicted molar refractivity (Wildman–Crippen MR) is 35.4 cm³/mol. The molecule has 0 aromatic rings. The molecule has 0 aliphatic carbocycles. The molecule has 0 saturated carbocycles. The molecule has 2 nitrogen and oxygen atoms in total. The Kier molecular flexibility index (Phi) is 6.99. The summed E-state index contributed by atoms with van der Waals surface area (Å²) >= 11 is 0. The van der Waals surface area contributed by atoms with Crippen LogP contribution in [-0.2, 0) is 4.74 Å². The van der Waals surface area contributed by atoms with Gasteiger partial charge < -0.3 is 4.74 Å². The normalized spacial score (nSPS) is 8.89. The zero-order chi connectivity index (χ0) is 6.95. The lowest BCUT2D eigenvalue weighted by atomic mass is 10.2. The summed E-state index contributed by atoms with van der Waals surface area (Å²) in [6, 6.07) is 2.09. The van der Waals surface area contributed by atoms with Crippen molar-refractivity contribution in [1.29, 1.82) is 5.26 Å². The van der Waals surface area contributed by atoms with Gasteiger partial charge in [0.2, 0.25) is 0 Å². The molecule has 0 atom stereocenters. The minimum absolute atomic E-state index is 0.664. The van der Waals surface area contributed by atoms with Crippen LogP contribution in [0.1, 0.15) is 25.7 Å². The Balaban J connectivity index is 2.69. The molecule has 0 bridgehead atoms. The number of ether oxygens (including phenoxy) is 1. The van der Waals surface area contributed by atoms with Crippen LogP contribution in [-0.4, -0.2) is 6.61 Å². The zero-order valence-corrected chi connectivity index (χ0v) is 5.60. The largest absolute Gasteiger partial charge is 0.379 e. The fourth-order valence-corrected chi connectivity index (χ4v) is 0.585. The molecule has 0 N–H and O–H groups in total. The smallest absolute Gasteiger partial charge is 0.0700 e. The highest BCUT2D eigenvalue weighted by atomic mass is 16.5. The van der Waals surface area contributed by atoms with Crippen LogP contribution in [0.4, 0.5) is 0 Å². The van der Waals surface area contributed by atoms with Gasteiger partial charge in [0.15, 0.2) is 0 Å². The van der Waals surface area contributed by atoms with Crippen molar-refractivity contribution in [2.45, 2.75) is 25.7 Å². The van der Waals surface area contributed by atoms with Crippen LogP contribution in [0.3, 0.4) is 0 Å². The van der Waals surface area contributed by atoms with E-state index in [2.05, 4.69) is 17.9 Å². The standard InChI is InChI=1S/C7H12NO/c1-9-7-5-3-2-4-6-8/h1-5,7H2. The highest BCUT2D eigenvalue weighted by Gasteiger charge is 1.85. The molecule has 0 saturated heterocycles. The number of hydrogen-bond acceptors (Lipinski definition) is 2. The summed E-state index contributed by atoms with van der Waals surface area (Å²) in [5.41, 5.74) is 0. The van der Waals surface area contributed by atoms with Crippen LogP contribution in [0.5, 0.6) is 0 Å². The second kappa shape index (κ2) is 7.45. The third kappa shape index (κ3) is 7.45. The van der Waals surface area contributed by atoms with E-state index in [0.29, 0.717) is 13.0 Å². The van der Waals surface area contributed by atoms with E-state index in [1.165, 1.54) is 0 Å². The van der Waals surface area contributed by atoms with Gasteiger partial charge in [-0.25, -0.2) is 0 Å². The second-order valence-corrected chi connectivity index (χ2v) is 1.88. The molecule has 0 amide bonds. The molecular formula is C7H12NO. The fraction of sp³-hybridized carbons (Fsp3) is 0.714. The molecule has 51 valence electrons. The first kappa shape index (κ1) is 8.45. The number of rotatable bonds is 5. The van der Waals surface area contributed by atoms with Crippen molar-refractivity contribution in [3.05, 3.63) is 7.11 Å². The average molecular weight is 126 g/mol. The molecule has 2 heteroatoms. The third-order valence-electron chi connectivity index (χ3n) is 1.08. The molecule has 0 aromatic heterocycles. The maximum Gasteiger partial charge on any atom is 0.0700 e. The average Bonchev–Trinajstić information content (AvgIpc) is 1.89. The van der Waals surface area contributed by atoms with Gasteiger partial charge in [0.25, 0.3) is 0 Å². The summed E-state index contributed by atoms with van der Waals surface area (Å²) in [4.78, 5) is 0. The molecule has 1 radical (unpaired) electrons. The lowest BCUT2D eigenvalue weighted by molar-refractivity contribution is 0.234. The quantitative estimate of drug-likeness (QED) is 0.527. The molecule has 9 heavy (non-hydrogen) atoms. The van der Waals surface area contributed by atoms with E-state index in [-0.39, 0.29) is 0 Å². The zero-order valence-electron chi connectivity index (χ0n) is 5.60. The topological polar surface area (TPSA) is 33.0 Å². The van der Waals surface area contributed by atoms with Crippen molar-refractivity contribution in [3.63, 3.8) is 0 Å². The fourth-order valence-electron chi connectivity index (χ4n) is 0.585. The van der Waals surface area contributed by atoms with Gasteiger partial charge in [-0.3, -0.25) is 0 Å². The molecule has 0 rings (SSSR count). The molecule has 0 aromatic carbocycles. The van der Waals surface area contributed by atoms with Gasteiger partial charge in [-0.2, -0.15) is 5.26 Å². The second-order valence-electron chi connectivity index (χ2n) is 1.88. The van der Waals surface area contributed by atoms with Crippen LogP contribution >= 0.6 is 0 Å². The number of unbranched alkanes of at least 4 members (excludes halogenated alkanes) is 3. The van der Waals surface area contributed by atoms with Gasteiger partial charge in [0.05, 0.1) is 13.2 Å². The molecule has 0 fully saturated rings. The van der Waals surface area contributed by atoms with Gasteiger partial charge in [0.1, 0.15) is 0 Å². The van der Waals surface area contributed by atoms with E-state index < -0.39 is 0 Å². The summed E-state index contributed by atoms with van der Waals surface area (Å²) in [7, 11) is 3.24. The highest BCUT2D eigenvalue weighted by Crippen LogP contribution is 1.97. The van der Waals surface area contributed by atoms with Gasteiger partial charge in [-0.15, -0.1) is 0 Å². The Labute approximate surface area is 56.4 Å². The maximum atomic E-state index is 8.13. The van der Waals surface area contributed by atoms with E-state index in [0.717, 1.165) is 19.3 Å². The Morgan fingerprint density at radius 2 is 2.11 bits per heavy atom. The van der Waals surface area contributed by atoms with Crippen molar-refractivity contribution in [1.82, 2.24) is 0 Å². The van der Waals surface area contributed by atoms with Crippen LogP contribution in [0.15, 0.2) is 0 Å². The van der Waals surface area contributed by atoms with Crippen molar-refractivity contribution >= 4 is 0 Å². The lowest BCUT2D eigenvalue weighted by Gasteiger charge is -1.94. The number of nitriles is 1. The molecule has 0 spiro atoms. The number of nitrogens with zero attached hydrogens (tertiary/aromatic N) is 1. The summed E-state index contributed by atoms with van der Waals surface area (Å²) in [6.45, 7) is 0.714. The van der Waals surface area contributed by atoms with E-state index in [9.17, 15) is 0 Å². The van der Waals surface area contributed by atoms with Crippen LogP contribution in [0, 0.1) is 18.4 Å². The van der Waals surface area contributed by atoms with Gasteiger partial charge >= 0.3 is 0 Å². The Morgan fingerprint density at radius 1 is 1.33 bits per heavy atom. The maximum absolute atomic E-state index is 8.13. The van der Waals surface area contributed by atoms with E-state index in [4.69, 9.17) is 5.26 Å². The SMILES string of the molecule is [CH2]OCCCCCC#N. The minimum Gasteiger partial charge on any atom is -0.379 e. The minimum atomic E-state index is 0.664. The number of hydrogen-bond donors (Lipinski definition) is 0. The van der Waals surface area contributed by atoms with Crippen molar-refractivity contribution in [3.8, 4) is 6.07 Å². The Bertz CT molecular complexity index is 85.4. The molecule has 0 aliphatic rings. The molecular weight excluding hydrogens is 114 g/mol. The Hall–Kier alpha value is -0.550. The predicted octanol–water partition coefficient (Wildman–Crippen LogP) is 1.88. The van der Waals surface area contributed by atoms with Crippen molar-refractivity contribution in [2.24, 2.45) is 0 Å². The first-order valence-corrected chi connectivity index (χ1v) is 3.15. The van der Waals surface area contributed by atoms with Crippen LogP contribution in [0.25, 0.3) is 0 Å².